The van der Waals surface area contributed by atoms with Crippen LogP contribution in [0.25, 0.3) is 0 Å². The number of carbonyl (C=O) groups excluding carboxylic acids is 2. The average Bonchev–Trinajstić information content (AvgIpc) is 2.69. The highest BCUT2D eigenvalue weighted by atomic mass is 16.3. The van der Waals surface area contributed by atoms with Gasteiger partial charge in [0.25, 0.3) is 0 Å². The molecular formula is C22H31N3O3. The van der Waals surface area contributed by atoms with E-state index in [1.807, 2.05) is 12.1 Å². The van der Waals surface area contributed by atoms with Crippen LogP contribution in [0.5, 0.6) is 5.75 Å². The number of fused-ring (bicyclic) bond motifs is 4. The predicted molar refractivity (Wildman–Crippen MR) is 107 cm³/mol. The highest BCUT2D eigenvalue weighted by Gasteiger charge is 2.47. The van der Waals surface area contributed by atoms with Crippen molar-refractivity contribution >= 4 is 11.8 Å². The van der Waals surface area contributed by atoms with Gasteiger partial charge in [-0.3, -0.25) is 14.5 Å². The van der Waals surface area contributed by atoms with Crippen molar-refractivity contribution in [1.29, 1.82) is 0 Å². The standard InChI is InChI=1S/C22H31N3O3/c1-15(26)23-12-21-18-11-17(20-4-2-3-9-25(20)21)13-24(14-18)22(28)10-16-5-7-19(27)8-6-16/h5-8,17-18,20-21,27H,2-4,9-14H2,1H3,(H,23,26)/t17-,18+,20+,21+/m1/s1. The molecule has 0 unspecified atom stereocenters. The molecule has 28 heavy (non-hydrogen) atoms. The van der Waals surface area contributed by atoms with Gasteiger partial charge in [0.2, 0.25) is 11.8 Å². The Bertz CT molecular complexity index is 720. The number of nitrogens with one attached hydrogen (secondary N) is 1. The van der Waals surface area contributed by atoms with E-state index < -0.39 is 0 Å². The van der Waals surface area contributed by atoms with Gasteiger partial charge in [0.1, 0.15) is 5.75 Å². The summed E-state index contributed by atoms with van der Waals surface area (Å²) < 4.78 is 0. The number of hydrogen-bond donors (Lipinski definition) is 2. The Kier molecular flexibility index (Phi) is 5.58. The van der Waals surface area contributed by atoms with Gasteiger partial charge in [0.15, 0.2) is 0 Å². The second kappa shape index (κ2) is 8.11. The molecule has 1 aromatic carbocycles. The van der Waals surface area contributed by atoms with Crippen LogP contribution in [-0.4, -0.2) is 65.0 Å². The van der Waals surface area contributed by atoms with Crippen molar-refractivity contribution in [3.8, 4) is 5.75 Å². The largest absolute Gasteiger partial charge is 0.508 e. The van der Waals surface area contributed by atoms with E-state index in [0.717, 1.165) is 31.6 Å². The minimum absolute atomic E-state index is 0.0201. The van der Waals surface area contributed by atoms with Gasteiger partial charge in [-0.25, -0.2) is 0 Å². The highest BCUT2D eigenvalue weighted by molar-refractivity contribution is 5.79. The normalized spacial score (nSPS) is 29.8. The second-order valence-corrected chi connectivity index (χ2v) is 8.70. The van der Waals surface area contributed by atoms with Crippen molar-refractivity contribution in [3.05, 3.63) is 29.8 Å². The number of carbonyl (C=O) groups is 2. The monoisotopic (exact) mass is 385 g/mol. The van der Waals surface area contributed by atoms with Crippen LogP contribution in [0, 0.1) is 11.8 Å². The van der Waals surface area contributed by atoms with Gasteiger partial charge < -0.3 is 15.3 Å². The van der Waals surface area contributed by atoms with Gasteiger partial charge >= 0.3 is 0 Å². The maximum absolute atomic E-state index is 13.0. The molecule has 4 atom stereocenters. The number of rotatable bonds is 4. The zero-order valence-electron chi connectivity index (χ0n) is 16.6. The van der Waals surface area contributed by atoms with Crippen LogP contribution in [0.3, 0.4) is 0 Å². The van der Waals surface area contributed by atoms with E-state index in [1.165, 1.54) is 19.3 Å². The Hall–Kier alpha value is -2.08. The number of nitrogens with zero attached hydrogens (tertiary/aromatic N) is 2. The first-order valence-electron chi connectivity index (χ1n) is 10.6. The molecule has 0 spiro atoms. The molecule has 0 aliphatic carbocycles. The van der Waals surface area contributed by atoms with E-state index >= 15 is 0 Å². The van der Waals surface area contributed by atoms with E-state index in [4.69, 9.17) is 0 Å². The van der Waals surface area contributed by atoms with Gasteiger partial charge in [0.05, 0.1) is 6.42 Å². The molecule has 0 radical (unpaired) electrons. The number of hydrogen-bond acceptors (Lipinski definition) is 4. The van der Waals surface area contributed by atoms with E-state index in [2.05, 4.69) is 15.1 Å². The van der Waals surface area contributed by atoms with Gasteiger partial charge in [-0.1, -0.05) is 18.6 Å². The van der Waals surface area contributed by atoms with Crippen LogP contribution >= 0.6 is 0 Å². The van der Waals surface area contributed by atoms with Crippen LogP contribution in [0.1, 0.15) is 38.2 Å². The summed E-state index contributed by atoms with van der Waals surface area (Å²) in [6, 6.07) is 7.78. The predicted octanol–water partition coefficient (Wildman–Crippen LogP) is 1.77. The lowest BCUT2D eigenvalue weighted by molar-refractivity contribution is -0.140. The smallest absolute Gasteiger partial charge is 0.227 e. The van der Waals surface area contributed by atoms with E-state index in [1.54, 1.807) is 19.1 Å². The van der Waals surface area contributed by atoms with Crippen molar-refractivity contribution in [2.45, 2.75) is 51.1 Å². The maximum atomic E-state index is 13.0. The number of phenolic OH excluding ortho intramolecular Hbond substituents is 1. The fourth-order valence-electron chi connectivity index (χ4n) is 5.54. The fourth-order valence-corrected chi connectivity index (χ4v) is 5.54. The fraction of sp³-hybridized carbons (Fsp3) is 0.636. The van der Waals surface area contributed by atoms with Crippen molar-refractivity contribution in [2.24, 2.45) is 11.8 Å². The van der Waals surface area contributed by atoms with E-state index in [0.29, 0.717) is 36.9 Å². The first-order chi connectivity index (χ1) is 13.5. The highest BCUT2D eigenvalue weighted by Crippen LogP contribution is 2.41. The molecule has 2 amide bonds. The van der Waals surface area contributed by atoms with Crippen molar-refractivity contribution in [2.75, 3.05) is 26.2 Å². The molecule has 3 aliphatic rings. The number of benzene rings is 1. The van der Waals surface area contributed by atoms with Crippen LogP contribution in [0.4, 0.5) is 0 Å². The van der Waals surface area contributed by atoms with Crippen molar-refractivity contribution < 1.29 is 14.7 Å². The van der Waals surface area contributed by atoms with Crippen LogP contribution in [0.15, 0.2) is 24.3 Å². The Morgan fingerprint density at radius 3 is 2.64 bits per heavy atom. The molecule has 152 valence electrons. The minimum Gasteiger partial charge on any atom is -0.508 e. The summed E-state index contributed by atoms with van der Waals surface area (Å²) >= 11 is 0. The van der Waals surface area contributed by atoms with Gasteiger partial charge in [-0.05, 0) is 55.3 Å². The molecule has 3 heterocycles. The summed E-state index contributed by atoms with van der Waals surface area (Å²) in [5, 5.41) is 12.5. The van der Waals surface area contributed by atoms with Crippen LogP contribution in [-0.2, 0) is 16.0 Å². The van der Waals surface area contributed by atoms with Gasteiger partial charge in [0, 0.05) is 38.6 Å². The van der Waals surface area contributed by atoms with E-state index in [9.17, 15) is 14.7 Å². The number of piperidine rings is 3. The molecule has 0 saturated carbocycles. The zero-order valence-corrected chi connectivity index (χ0v) is 16.6. The summed E-state index contributed by atoms with van der Waals surface area (Å²) in [6.45, 7) is 5.00. The maximum Gasteiger partial charge on any atom is 0.227 e. The number of amides is 2. The van der Waals surface area contributed by atoms with Gasteiger partial charge in [-0.15, -0.1) is 0 Å². The van der Waals surface area contributed by atoms with Crippen molar-refractivity contribution in [1.82, 2.24) is 15.1 Å². The van der Waals surface area contributed by atoms with E-state index in [-0.39, 0.29) is 17.6 Å². The molecule has 2 bridgehead atoms. The third-order valence-electron chi connectivity index (χ3n) is 6.83. The molecule has 3 aliphatic heterocycles. The molecule has 0 aromatic heterocycles. The Morgan fingerprint density at radius 1 is 1.14 bits per heavy atom. The van der Waals surface area contributed by atoms with Crippen molar-refractivity contribution in [3.63, 3.8) is 0 Å². The molecule has 6 nitrogen and oxygen atoms in total. The molecule has 3 saturated heterocycles. The Morgan fingerprint density at radius 2 is 1.89 bits per heavy atom. The molecule has 2 N–H and O–H groups in total. The molecule has 1 aromatic rings. The molecule has 6 heteroatoms. The van der Waals surface area contributed by atoms with Crippen LogP contribution < -0.4 is 5.32 Å². The molecular weight excluding hydrogens is 354 g/mol. The Balaban J connectivity index is 1.48. The molecule has 3 fully saturated rings. The SMILES string of the molecule is CC(=O)NC[C@H]1[C@H]2C[C@H](CN(C(=O)Cc3ccc(O)cc3)C2)[C@@H]2CCCCN21. The third kappa shape index (κ3) is 4.02. The second-order valence-electron chi connectivity index (χ2n) is 8.70. The third-order valence-corrected chi connectivity index (χ3v) is 6.83. The minimum atomic E-state index is 0.0201. The lowest BCUT2D eigenvalue weighted by Crippen LogP contribution is -2.66. The number of aromatic hydroxyl groups is 1. The zero-order chi connectivity index (χ0) is 19.7. The summed E-state index contributed by atoms with van der Waals surface area (Å²) in [7, 11) is 0. The van der Waals surface area contributed by atoms with Gasteiger partial charge in [-0.2, -0.15) is 0 Å². The number of phenols is 1. The topological polar surface area (TPSA) is 72.9 Å². The average molecular weight is 386 g/mol. The summed E-state index contributed by atoms with van der Waals surface area (Å²) in [5.41, 5.74) is 0.938. The summed E-state index contributed by atoms with van der Waals surface area (Å²) in [6.07, 6.45) is 5.24. The first-order valence-corrected chi connectivity index (χ1v) is 10.6. The summed E-state index contributed by atoms with van der Waals surface area (Å²) in [4.78, 5) is 29.2. The quantitative estimate of drug-likeness (QED) is 0.829. The van der Waals surface area contributed by atoms with Crippen LogP contribution in [0.2, 0.25) is 0 Å². The summed E-state index contributed by atoms with van der Waals surface area (Å²) in [5.74, 6) is 1.37. The lowest BCUT2D eigenvalue weighted by Gasteiger charge is -2.56. The number of likely N-dealkylation sites (tertiary alicyclic amines) is 1. The Labute approximate surface area is 166 Å². The first kappa shape index (κ1) is 19.2. The molecule has 4 rings (SSSR count). The lowest BCUT2D eigenvalue weighted by atomic mass is 9.72.